The highest BCUT2D eigenvalue weighted by Gasteiger charge is 2.25. The van der Waals surface area contributed by atoms with Gasteiger partial charge < -0.3 is 20.8 Å². The number of aliphatic carboxylic acids is 1. The Bertz CT molecular complexity index is 287. The van der Waals surface area contributed by atoms with Gasteiger partial charge in [0.1, 0.15) is 0 Å². The standard InChI is InChI=1S/C10H18N2O4S/c1-17-7-3-2-6(4-7)12-10(16)11-5-8(13)9(14)15/h6-8,13H,2-5H2,1H3,(H,14,15)(H2,11,12,16). The Morgan fingerprint density at radius 2 is 2.18 bits per heavy atom. The number of carboxylic acids is 1. The molecule has 3 atom stereocenters. The van der Waals surface area contributed by atoms with E-state index in [1.54, 1.807) is 11.8 Å². The second-order valence-corrected chi connectivity index (χ2v) is 5.21. The Balaban J connectivity index is 2.19. The smallest absolute Gasteiger partial charge is 0.334 e. The zero-order valence-electron chi connectivity index (χ0n) is 9.68. The first-order valence-electron chi connectivity index (χ1n) is 5.51. The van der Waals surface area contributed by atoms with Gasteiger partial charge in [-0.15, -0.1) is 0 Å². The lowest BCUT2D eigenvalue weighted by molar-refractivity contribution is -0.146. The van der Waals surface area contributed by atoms with Crippen molar-refractivity contribution in [2.24, 2.45) is 0 Å². The van der Waals surface area contributed by atoms with Crippen LogP contribution in [0.2, 0.25) is 0 Å². The van der Waals surface area contributed by atoms with E-state index in [1.807, 2.05) is 0 Å². The van der Waals surface area contributed by atoms with Gasteiger partial charge in [-0.1, -0.05) is 0 Å². The lowest BCUT2D eigenvalue weighted by Gasteiger charge is -2.14. The summed E-state index contributed by atoms with van der Waals surface area (Å²) in [5.74, 6) is -1.34. The third-order valence-electron chi connectivity index (χ3n) is 2.79. The van der Waals surface area contributed by atoms with Crippen molar-refractivity contribution in [1.29, 1.82) is 0 Å². The second-order valence-electron chi connectivity index (χ2n) is 4.08. The minimum absolute atomic E-state index is 0.148. The van der Waals surface area contributed by atoms with Crippen molar-refractivity contribution < 1.29 is 19.8 Å². The van der Waals surface area contributed by atoms with Crippen molar-refractivity contribution in [3.8, 4) is 0 Å². The third-order valence-corrected chi connectivity index (χ3v) is 3.89. The molecule has 7 heteroatoms. The van der Waals surface area contributed by atoms with Crippen molar-refractivity contribution in [1.82, 2.24) is 10.6 Å². The number of carbonyl (C=O) groups is 2. The van der Waals surface area contributed by atoms with Gasteiger partial charge in [0.15, 0.2) is 6.10 Å². The summed E-state index contributed by atoms with van der Waals surface area (Å²) >= 11 is 1.80. The zero-order valence-corrected chi connectivity index (χ0v) is 10.5. The maximum atomic E-state index is 11.4. The number of urea groups is 1. The fraction of sp³-hybridized carbons (Fsp3) is 0.800. The van der Waals surface area contributed by atoms with E-state index >= 15 is 0 Å². The summed E-state index contributed by atoms with van der Waals surface area (Å²) in [6.45, 7) is -0.278. The minimum atomic E-state index is -1.55. The Hall–Kier alpha value is -0.950. The maximum Gasteiger partial charge on any atom is 0.334 e. The van der Waals surface area contributed by atoms with Crippen molar-refractivity contribution in [3.63, 3.8) is 0 Å². The van der Waals surface area contributed by atoms with Crippen LogP contribution in [-0.2, 0) is 4.79 Å². The molecule has 0 aromatic carbocycles. The molecule has 1 fully saturated rings. The van der Waals surface area contributed by atoms with E-state index in [-0.39, 0.29) is 12.6 Å². The monoisotopic (exact) mass is 262 g/mol. The van der Waals surface area contributed by atoms with Crippen LogP contribution in [0.25, 0.3) is 0 Å². The SMILES string of the molecule is CSC1CCC(NC(=O)NCC(O)C(=O)O)C1. The van der Waals surface area contributed by atoms with Crippen LogP contribution < -0.4 is 10.6 Å². The van der Waals surface area contributed by atoms with Gasteiger partial charge in [0.2, 0.25) is 0 Å². The Kier molecular flexibility index (Phi) is 5.57. The molecule has 0 spiro atoms. The number of aliphatic hydroxyl groups is 1. The van der Waals surface area contributed by atoms with Gasteiger partial charge in [0.05, 0.1) is 6.54 Å². The molecule has 98 valence electrons. The molecular formula is C10H18N2O4S. The number of thioether (sulfide) groups is 1. The van der Waals surface area contributed by atoms with Gasteiger partial charge in [-0.2, -0.15) is 11.8 Å². The maximum absolute atomic E-state index is 11.4. The van der Waals surface area contributed by atoms with E-state index in [0.717, 1.165) is 19.3 Å². The number of rotatable bonds is 5. The highest BCUT2D eigenvalue weighted by molar-refractivity contribution is 7.99. The highest BCUT2D eigenvalue weighted by atomic mass is 32.2. The largest absolute Gasteiger partial charge is 0.479 e. The van der Waals surface area contributed by atoms with Crippen LogP contribution in [-0.4, -0.2) is 52.4 Å². The lowest BCUT2D eigenvalue weighted by atomic mass is 10.2. The Morgan fingerprint density at radius 1 is 1.47 bits per heavy atom. The zero-order chi connectivity index (χ0) is 12.8. The summed E-state index contributed by atoms with van der Waals surface area (Å²) in [6.07, 6.45) is 3.47. The highest BCUT2D eigenvalue weighted by Crippen LogP contribution is 2.27. The number of hydrogen-bond donors (Lipinski definition) is 4. The number of carboxylic acid groups (broad SMARTS) is 1. The van der Waals surface area contributed by atoms with Gasteiger partial charge in [-0.05, 0) is 25.5 Å². The Morgan fingerprint density at radius 3 is 2.71 bits per heavy atom. The number of carbonyl (C=O) groups excluding carboxylic acids is 1. The van der Waals surface area contributed by atoms with Crippen LogP contribution in [0.15, 0.2) is 0 Å². The first-order chi connectivity index (χ1) is 8.02. The predicted octanol–water partition coefficient (Wildman–Crippen LogP) is 0.0152. The molecule has 0 heterocycles. The van der Waals surface area contributed by atoms with E-state index in [0.29, 0.717) is 5.25 Å². The van der Waals surface area contributed by atoms with E-state index in [4.69, 9.17) is 10.2 Å². The molecule has 0 radical (unpaired) electrons. The summed E-state index contributed by atoms with van der Waals surface area (Å²) in [4.78, 5) is 21.7. The molecule has 1 rings (SSSR count). The number of hydrogen-bond acceptors (Lipinski definition) is 4. The van der Waals surface area contributed by atoms with E-state index < -0.39 is 18.1 Å². The second kappa shape index (κ2) is 6.70. The molecular weight excluding hydrogens is 244 g/mol. The molecule has 0 aromatic heterocycles. The average Bonchev–Trinajstić information content (AvgIpc) is 2.73. The molecule has 1 aliphatic carbocycles. The molecule has 3 unspecified atom stereocenters. The van der Waals surface area contributed by atoms with Crippen molar-refractivity contribution in [2.45, 2.75) is 36.7 Å². The molecule has 4 N–H and O–H groups in total. The number of nitrogens with one attached hydrogen (secondary N) is 2. The molecule has 0 aromatic rings. The van der Waals surface area contributed by atoms with Crippen LogP contribution in [0.4, 0.5) is 4.79 Å². The minimum Gasteiger partial charge on any atom is -0.479 e. The predicted molar refractivity (Wildman–Crippen MR) is 65.1 cm³/mol. The topological polar surface area (TPSA) is 98.7 Å². The molecule has 2 amide bonds. The normalized spacial score (nSPS) is 25.3. The van der Waals surface area contributed by atoms with Crippen molar-refractivity contribution in [3.05, 3.63) is 0 Å². The summed E-state index contributed by atoms with van der Waals surface area (Å²) in [6, 6.07) is -0.272. The van der Waals surface area contributed by atoms with Crippen LogP contribution in [0, 0.1) is 0 Å². The summed E-state index contributed by atoms with van der Waals surface area (Å²) in [5.41, 5.74) is 0. The molecule has 17 heavy (non-hydrogen) atoms. The molecule has 0 saturated heterocycles. The molecule has 1 aliphatic rings. The van der Waals surface area contributed by atoms with Crippen LogP contribution >= 0.6 is 11.8 Å². The van der Waals surface area contributed by atoms with Crippen LogP contribution in [0.1, 0.15) is 19.3 Å². The van der Waals surface area contributed by atoms with Gasteiger partial charge in [-0.25, -0.2) is 9.59 Å². The molecule has 0 bridgehead atoms. The first-order valence-corrected chi connectivity index (χ1v) is 6.79. The fourth-order valence-electron chi connectivity index (χ4n) is 1.80. The van der Waals surface area contributed by atoms with Crippen molar-refractivity contribution in [2.75, 3.05) is 12.8 Å². The van der Waals surface area contributed by atoms with Gasteiger partial charge in [0, 0.05) is 11.3 Å². The fourth-order valence-corrected chi connectivity index (χ4v) is 2.59. The lowest BCUT2D eigenvalue weighted by Crippen LogP contribution is -2.45. The van der Waals surface area contributed by atoms with Gasteiger partial charge in [0.25, 0.3) is 0 Å². The van der Waals surface area contributed by atoms with Gasteiger partial charge in [-0.3, -0.25) is 0 Å². The Labute approximate surface area is 104 Å². The van der Waals surface area contributed by atoms with Crippen molar-refractivity contribution >= 4 is 23.8 Å². The van der Waals surface area contributed by atoms with E-state index in [1.165, 1.54) is 0 Å². The molecule has 1 saturated carbocycles. The van der Waals surface area contributed by atoms with Gasteiger partial charge >= 0.3 is 12.0 Å². The van der Waals surface area contributed by atoms with Crippen LogP contribution in [0.5, 0.6) is 0 Å². The summed E-state index contributed by atoms with van der Waals surface area (Å²) < 4.78 is 0. The molecule has 6 nitrogen and oxygen atoms in total. The van der Waals surface area contributed by atoms with E-state index in [9.17, 15) is 9.59 Å². The molecule has 0 aliphatic heterocycles. The van der Waals surface area contributed by atoms with Crippen LogP contribution in [0.3, 0.4) is 0 Å². The number of aliphatic hydroxyl groups excluding tert-OH is 1. The first kappa shape index (κ1) is 14.1. The van der Waals surface area contributed by atoms with E-state index in [2.05, 4.69) is 16.9 Å². The quantitative estimate of drug-likeness (QED) is 0.559. The summed E-state index contributed by atoms with van der Waals surface area (Å²) in [5, 5.41) is 23.1. The number of amides is 2. The summed E-state index contributed by atoms with van der Waals surface area (Å²) in [7, 11) is 0. The third kappa shape index (κ3) is 4.82. The average molecular weight is 262 g/mol.